The van der Waals surface area contributed by atoms with E-state index in [4.69, 9.17) is 0 Å². The number of nitrogens with zero attached hydrogens (tertiary/aromatic N) is 3. The van der Waals surface area contributed by atoms with E-state index in [1.807, 2.05) is 11.8 Å². The Morgan fingerprint density at radius 3 is 2.35 bits per heavy atom. The Kier molecular flexibility index (Phi) is 3.23. The first-order valence-corrected chi connectivity index (χ1v) is 7.16. The molecule has 6 nitrogen and oxygen atoms in total. The van der Waals surface area contributed by atoms with Crippen LogP contribution in [0.2, 0.25) is 0 Å². The van der Waals surface area contributed by atoms with Crippen molar-refractivity contribution in [1.29, 1.82) is 0 Å². The van der Waals surface area contributed by atoms with Gasteiger partial charge in [0.15, 0.2) is 0 Å². The maximum absolute atomic E-state index is 12.3. The summed E-state index contributed by atoms with van der Waals surface area (Å²) in [4.78, 5) is 28.2. The van der Waals surface area contributed by atoms with E-state index in [-0.39, 0.29) is 17.7 Å². The Morgan fingerprint density at radius 2 is 1.85 bits per heavy atom. The summed E-state index contributed by atoms with van der Waals surface area (Å²) in [5.74, 6) is 1.04. The van der Waals surface area contributed by atoms with Crippen LogP contribution in [0.1, 0.15) is 29.4 Å². The van der Waals surface area contributed by atoms with Crippen LogP contribution in [0.5, 0.6) is 0 Å². The number of hydrogen-bond donors (Lipinski definition) is 1. The molecule has 1 N–H and O–H groups in total. The number of H-pyrrole nitrogens is 1. The molecule has 0 bridgehead atoms. The molecule has 1 aromatic heterocycles. The number of carbonyl (C=O) groups is 2. The number of carbonyl (C=O) groups excluding carboxylic acids is 2. The van der Waals surface area contributed by atoms with E-state index in [2.05, 4.69) is 17.1 Å². The highest BCUT2D eigenvalue weighted by Gasteiger charge is 2.42. The number of aromatic nitrogens is 2. The van der Waals surface area contributed by atoms with Gasteiger partial charge in [-0.2, -0.15) is 5.10 Å². The zero-order valence-electron chi connectivity index (χ0n) is 11.9. The second-order valence-corrected chi connectivity index (χ2v) is 5.85. The molecule has 0 aromatic carbocycles. The SMILES string of the molecule is Cc1[nH]ncc1C(=O)N1CCN(C(=O)[C@H]2C[C@H]2C)CC1. The Hall–Kier alpha value is -1.85. The van der Waals surface area contributed by atoms with Crippen LogP contribution in [0.3, 0.4) is 0 Å². The Balaban J connectivity index is 1.57. The van der Waals surface area contributed by atoms with E-state index >= 15 is 0 Å². The highest BCUT2D eigenvalue weighted by Crippen LogP contribution is 2.39. The topological polar surface area (TPSA) is 69.3 Å². The molecule has 0 unspecified atom stereocenters. The van der Waals surface area contributed by atoms with Gasteiger partial charge in [0.1, 0.15) is 0 Å². The molecule has 2 heterocycles. The third kappa shape index (κ3) is 2.30. The van der Waals surface area contributed by atoms with Crippen molar-refractivity contribution in [2.24, 2.45) is 11.8 Å². The molecule has 2 aliphatic rings. The van der Waals surface area contributed by atoms with Gasteiger partial charge in [0.05, 0.1) is 11.8 Å². The highest BCUT2D eigenvalue weighted by atomic mass is 16.2. The third-order valence-corrected chi connectivity index (χ3v) is 4.37. The fourth-order valence-electron chi connectivity index (χ4n) is 2.77. The average molecular weight is 276 g/mol. The molecule has 2 fully saturated rings. The molecule has 2 atom stereocenters. The number of amides is 2. The molecular weight excluding hydrogens is 256 g/mol. The van der Waals surface area contributed by atoms with Crippen molar-refractivity contribution in [1.82, 2.24) is 20.0 Å². The van der Waals surface area contributed by atoms with Gasteiger partial charge < -0.3 is 9.80 Å². The van der Waals surface area contributed by atoms with Crippen LogP contribution in [0.4, 0.5) is 0 Å². The van der Waals surface area contributed by atoms with Crippen LogP contribution in [0.15, 0.2) is 6.20 Å². The maximum Gasteiger partial charge on any atom is 0.257 e. The van der Waals surface area contributed by atoms with Crippen LogP contribution in [0, 0.1) is 18.8 Å². The van der Waals surface area contributed by atoms with Gasteiger partial charge >= 0.3 is 0 Å². The minimum Gasteiger partial charge on any atom is -0.339 e. The Bertz CT molecular complexity index is 531. The molecule has 1 saturated heterocycles. The van der Waals surface area contributed by atoms with Crippen molar-refractivity contribution in [2.75, 3.05) is 26.2 Å². The van der Waals surface area contributed by atoms with Gasteiger partial charge in [-0.15, -0.1) is 0 Å². The highest BCUT2D eigenvalue weighted by molar-refractivity contribution is 5.95. The molecule has 0 radical (unpaired) electrons. The maximum atomic E-state index is 12.3. The van der Waals surface area contributed by atoms with Crippen molar-refractivity contribution in [3.05, 3.63) is 17.5 Å². The van der Waals surface area contributed by atoms with Gasteiger partial charge in [-0.25, -0.2) is 0 Å². The van der Waals surface area contributed by atoms with E-state index in [9.17, 15) is 9.59 Å². The lowest BCUT2D eigenvalue weighted by atomic mass is 10.2. The van der Waals surface area contributed by atoms with Crippen molar-refractivity contribution in [2.45, 2.75) is 20.3 Å². The summed E-state index contributed by atoms with van der Waals surface area (Å²) in [6, 6.07) is 0. The molecule has 2 amide bonds. The lowest BCUT2D eigenvalue weighted by Crippen LogP contribution is -2.51. The van der Waals surface area contributed by atoms with Crippen molar-refractivity contribution >= 4 is 11.8 Å². The molecular formula is C14H20N4O2. The summed E-state index contributed by atoms with van der Waals surface area (Å²) in [6.07, 6.45) is 2.59. The smallest absolute Gasteiger partial charge is 0.257 e. The van der Waals surface area contributed by atoms with Gasteiger partial charge in [0.2, 0.25) is 5.91 Å². The van der Waals surface area contributed by atoms with Crippen LogP contribution in [-0.4, -0.2) is 58.0 Å². The molecule has 1 aliphatic heterocycles. The fourth-order valence-corrected chi connectivity index (χ4v) is 2.77. The van der Waals surface area contributed by atoms with E-state index < -0.39 is 0 Å². The van der Waals surface area contributed by atoms with E-state index in [0.717, 1.165) is 12.1 Å². The Labute approximate surface area is 118 Å². The predicted molar refractivity (Wildman–Crippen MR) is 73.1 cm³/mol. The number of nitrogens with one attached hydrogen (secondary N) is 1. The first-order valence-electron chi connectivity index (χ1n) is 7.16. The number of aryl methyl sites for hydroxylation is 1. The number of piperazine rings is 1. The van der Waals surface area contributed by atoms with Crippen LogP contribution in [0.25, 0.3) is 0 Å². The molecule has 0 spiro atoms. The second-order valence-electron chi connectivity index (χ2n) is 5.85. The van der Waals surface area contributed by atoms with Crippen molar-refractivity contribution in [3.63, 3.8) is 0 Å². The molecule has 1 aromatic rings. The molecule has 6 heteroatoms. The molecule has 20 heavy (non-hydrogen) atoms. The number of rotatable bonds is 2. The minimum absolute atomic E-state index is 0.00291. The normalized spacial score (nSPS) is 25.7. The third-order valence-electron chi connectivity index (χ3n) is 4.37. The quantitative estimate of drug-likeness (QED) is 0.862. The number of aromatic amines is 1. The van der Waals surface area contributed by atoms with Crippen LogP contribution in [-0.2, 0) is 4.79 Å². The lowest BCUT2D eigenvalue weighted by molar-refractivity contribution is -0.134. The second kappa shape index (κ2) is 4.92. The van der Waals surface area contributed by atoms with Gasteiger partial charge in [0, 0.05) is 37.8 Å². The summed E-state index contributed by atoms with van der Waals surface area (Å²) in [5.41, 5.74) is 1.42. The minimum atomic E-state index is 0.00291. The van der Waals surface area contributed by atoms with Gasteiger partial charge in [-0.1, -0.05) is 6.92 Å². The molecule has 3 rings (SSSR count). The standard InChI is InChI=1S/C14H20N4O2/c1-9-7-11(9)13(19)17-3-5-18(6-4-17)14(20)12-8-15-16-10(12)2/h8-9,11H,3-7H2,1-2H3,(H,15,16)/t9-,11+/m1/s1. The fraction of sp³-hybridized carbons (Fsp3) is 0.643. The first-order chi connectivity index (χ1) is 9.58. The first kappa shape index (κ1) is 13.1. The van der Waals surface area contributed by atoms with Crippen LogP contribution >= 0.6 is 0 Å². The van der Waals surface area contributed by atoms with Crippen molar-refractivity contribution < 1.29 is 9.59 Å². The van der Waals surface area contributed by atoms with Gasteiger partial charge in [-0.3, -0.25) is 14.7 Å². The monoisotopic (exact) mass is 276 g/mol. The van der Waals surface area contributed by atoms with Crippen molar-refractivity contribution in [3.8, 4) is 0 Å². The largest absolute Gasteiger partial charge is 0.339 e. The van der Waals surface area contributed by atoms with Gasteiger partial charge in [0.25, 0.3) is 5.91 Å². The van der Waals surface area contributed by atoms with E-state index in [0.29, 0.717) is 37.7 Å². The van der Waals surface area contributed by atoms with Crippen LogP contribution < -0.4 is 0 Å². The molecule has 1 aliphatic carbocycles. The molecule has 108 valence electrons. The van der Waals surface area contributed by atoms with Gasteiger partial charge in [-0.05, 0) is 19.3 Å². The Morgan fingerprint density at radius 1 is 1.25 bits per heavy atom. The zero-order valence-corrected chi connectivity index (χ0v) is 11.9. The lowest BCUT2D eigenvalue weighted by Gasteiger charge is -2.35. The van der Waals surface area contributed by atoms with E-state index in [1.165, 1.54) is 0 Å². The summed E-state index contributed by atoms with van der Waals surface area (Å²) in [6.45, 7) is 6.46. The predicted octanol–water partition coefficient (Wildman–Crippen LogP) is 0.659. The van der Waals surface area contributed by atoms with E-state index in [1.54, 1.807) is 11.1 Å². The summed E-state index contributed by atoms with van der Waals surface area (Å²) in [5, 5.41) is 6.67. The number of hydrogen-bond acceptors (Lipinski definition) is 3. The molecule has 1 saturated carbocycles. The average Bonchev–Trinajstić information content (AvgIpc) is 3.03. The summed E-state index contributed by atoms with van der Waals surface area (Å²) >= 11 is 0. The zero-order chi connectivity index (χ0) is 14.3. The summed E-state index contributed by atoms with van der Waals surface area (Å²) < 4.78 is 0. The summed E-state index contributed by atoms with van der Waals surface area (Å²) in [7, 11) is 0.